The van der Waals surface area contributed by atoms with Crippen molar-refractivity contribution in [1.29, 1.82) is 0 Å². The summed E-state index contributed by atoms with van der Waals surface area (Å²) in [5.74, 6) is 2.41. The van der Waals surface area contributed by atoms with Gasteiger partial charge in [0.05, 0.1) is 38.6 Å². The average Bonchev–Trinajstić information content (AvgIpc) is 3.44. The summed E-state index contributed by atoms with van der Waals surface area (Å²) in [4.78, 5) is 4.50. The highest BCUT2D eigenvalue weighted by molar-refractivity contribution is 6.02. The third-order valence-electron chi connectivity index (χ3n) is 5.16. The predicted octanol–water partition coefficient (Wildman–Crippen LogP) is 5.06. The molecule has 150 valence electrons. The van der Waals surface area contributed by atoms with Crippen LogP contribution in [0.2, 0.25) is 0 Å². The van der Waals surface area contributed by atoms with E-state index in [4.69, 9.17) is 18.6 Å². The fourth-order valence-corrected chi connectivity index (χ4v) is 3.71. The van der Waals surface area contributed by atoms with Gasteiger partial charge in [0, 0.05) is 29.3 Å². The van der Waals surface area contributed by atoms with Gasteiger partial charge in [-0.25, -0.2) is 0 Å². The number of hydrogen-bond donors (Lipinski definition) is 1. The first-order chi connectivity index (χ1) is 14.7. The van der Waals surface area contributed by atoms with E-state index in [-0.39, 0.29) is 0 Å². The summed E-state index contributed by atoms with van der Waals surface area (Å²) in [5.41, 5.74) is 5.12. The van der Waals surface area contributed by atoms with Crippen molar-refractivity contribution in [1.82, 2.24) is 15.2 Å². The molecule has 5 rings (SSSR count). The van der Waals surface area contributed by atoms with E-state index in [1.165, 1.54) is 0 Å². The molecule has 0 aliphatic heterocycles. The Kier molecular flexibility index (Phi) is 4.28. The van der Waals surface area contributed by atoms with Crippen LogP contribution in [0.25, 0.3) is 44.5 Å². The molecule has 0 unspecified atom stereocenters. The van der Waals surface area contributed by atoms with E-state index in [0.29, 0.717) is 28.6 Å². The number of benzene rings is 2. The Morgan fingerprint density at radius 3 is 2.43 bits per heavy atom. The molecule has 2 aromatic carbocycles. The van der Waals surface area contributed by atoms with Gasteiger partial charge >= 0.3 is 0 Å². The zero-order valence-corrected chi connectivity index (χ0v) is 16.7. The first-order valence-corrected chi connectivity index (χ1v) is 9.35. The topological polar surface area (TPSA) is 82.4 Å². The van der Waals surface area contributed by atoms with Crippen LogP contribution in [0.15, 0.2) is 59.3 Å². The number of ether oxygens (including phenoxy) is 3. The van der Waals surface area contributed by atoms with E-state index >= 15 is 0 Å². The fraction of sp³-hybridized carbons (Fsp3) is 0.130. The Bertz CT molecular complexity index is 1370. The SMILES string of the molecule is COc1cc(OC)c(-c2cc3nccc(-c4cccc5[nH]ncc45)c3o2)cc1OC. The zero-order chi connectivity index (χ0) is 20.7. The molecule has 1 N–H and O–H groups in total. The fourth-order valence-electron chi connectivity index (χ4n) is 3.71. The Morgan fingerprint density at radius 2 is 1.63 bits per heavy atom. The number of nitrogens with one attached hydrogen (secondary N) is 1. The third kappa shape index (κ3) is 2.75. The molecule has 0 saturated heterocycles. The highest BCUT2D eigenvalue weighted by atomic mass is 16.5. The number of nitrogens with zero attached hydrogens (tertiary/aromatic N) is 2. The predicted molar refractivity (Wildman–Crippen MR) is 114 cm³/mol. The Morgan fingerprint density at radius 1 is 0.833 bits per heavy atom. The number of hydrogen-bond acceptors (Lipinski definition) is 6. The van der Waals surface area contributed by atoms with Crippen LogP contribution in [0.1, 0.15) is 0 Å². The van der Waals surface area contributed by atoms with E-state index in [1.54, 1.807) is 33.6 Å². The molecule has 3 heterocycles. The smallest absolute Gasteiger partial charge is 0.164 e. The monoisotopic (exact) mass is 401 g/mol. The first-order valence-electron chi connectivity index (χ1n) is 9.35. The van der Waals surface area contributed by atoms with Crippen LogP contribution in [-0.4, -0.2) is 36.5 Å². The molecule has 0 bridgehead atoms. The molecule has 0 aliphatic carbocycles. The van der Waals surface area contributed by atoms with Gasteiger partial charge < -0.3 is 18.6 Å². The molecule has 0 fully saturated rings. The number of fused-ring (bicyclic) bond motifs is 2. The van der Waals surface area contributed by atoms with Gasteiger partial charge in [0.15, 0.2) is 17.1 Å². The molecule has 7 heteroatoms. The molecule has 3 aromatic heterocycles. The van der Waals surface area contributed by atoms with Gasteiger partial charge in [-0.2, -0.15) is 5.10 Å². The number of aromatic amines is 1. The van der Waals surface area contributed by atoms with Gasteiger partial charge in [0.2, 0.25) is 0 Å². The minimum Gasteiger partial charge on any atom is -0.496 e. The van der Waals surface area contributed by atoms with E-state index in [2.05, 4.69) is 15.2 Å². The molecule has 0 amide bonds. The molecule has 7 nitrogen and oxygen atoms in total. The van der Waals surface area contributed by atoms with Crippen molar-refractivity contribution in [2.75, 3.05) is 21.3 Å². The number of H-pyrrole nitrogens is 1. The van der Waals surface area contributed by atoms with Crippen LogP contribution in [0.4, 0.5) is 0 Å². The largest absolute Gasteiger partial charge is 0.496 e. The van der Waals surface area contributed by atoms with Crippen LogP contribution < -0.4 is 14.2 Å². The normalized spacial score (nSPS) is 11.2. The molecular formula is C23H19N3O4. The Labute approximate surface area is 172 Å². The minimum absolute atomic E-state index is 0.583. The van der Waals surface area contributed by atoms with Crippen LogP contribution in [0, 0.1) is 0 Å². The summed E-state index contributed by atoms with van der Waals surface area (Å²) < 4.78 is 22.7. The van der Waals surface area contributed by atoms with Crippen LogP contribution in [0.5, 0.6) is 17.2 Å². The standard InChI is InChI=1S/C23H19N3O4/c1-27-19-11-22(29-3)21(28-2)9-15(19)20-10-18-23(30-20)14(7-8-24-18)13-5-4-6-17-16(13)12-25-26-17/h4-12H,1-3H3,(H,25,26). The zero-order valence-electron chi connectivity index (χ0n) is 16.7. The summed E-state index contributed by atoms with van der Waals surface area (Å²) in [5, 5.41) is 8.19. The molecule has 5 aromatic rings. The Hall–Kier alpha value is -4.00. The van der Waals surface area contributed by atoms with Gasteiger partial charge in [0.1, 0.15) is 17.0 Å². The van der Waals surface area contributed by atoms with E-state index in [9.17, 15) is 0 Å². The number of rotatable bonds is 5. The van der Waals surface area contributed by atoms with Gasteiger partial charge in [-0.3, -0.25) is 10.1 Å². The lowest BCUT2D eigenvalue weighted by molar-refractivity contribution is 0.349. The lowest BCUT2D eigenvalue weighted by Crippen LogP contribution is -1.94. The third-order valence-corrected chi connectivity index (χ3v) is 5.16. The van der Waals surface area contributed by atoms with E-state index < -0.39 is 0 Å². The highest BCUT2D eigenvalue weighted by Crippen LogP contribution is 2.43. The number of methoxy groups -OCH3 is 3. The van der Waals surface area contributed by atoms with E-state index in [1.807, 2.05) is 42.6 Å². The average molecular weight is 401 g/mol. The van der Waals surface area contributed by atoms with Crippen molar-refractivity contribution in [2.45, 2.75) is 0 Å². The summed E-state index contributed by atoms with van der Waals surface area (Å²) in [6.07, 6.45) is 3.60. The summed E-state index contributed by atoms with van der Waals surface area (Å²) in [6, 6.07) is 13.5. The summed E-state index contributed by atoms with van der Waals surface area (Å²) in [6.45, 7) is 0. The molecule has 0 saturated carbocycles. The molecule has 0 spiro atoms. The second-order valence-electron chi connectivity index (χ2n) is 6.73. The van der Waals surface area contributed by atoms with Crippen molar-refractivity contribution in [3.8, 4) is 39.7 Å². The first kappa shape index (κ1) is 18.1. The van der Waals surface area contributed by atoms with Crippen molar-refractivity contribution in [3.63, 3.8) is 0 Å². The van der Waals surface area contributed by atoms with Gasteiger partial charge in [0.25, 0.3) is 0 Å². The van der Waals surface area contributed by atoms with Gasteiger partial charge in [-0.05, 0) is 23.8 Å². The molecule has 0 atom stereocenters. The number of furan rings is 1. The quantitative estimate of drug-likeness (QED) is 0.443. The second-order valence-corrected chi connectivity index (χ2v) is 6.73. The molecule has 0 radical (unpaired) electrons. The second kappa shape index (κ2) is 7.11. The molecular weight excluding hydrogens is 382 g/mol. The maximum atomic E-state index is 6.31. The van der Waals surface area contributed by atoms with Gasteiger partial charge in [-0.1, -0.05) is 12.1 Å². The molecule has 0 aliphatic rings. The van der Waals surface area contributed by atoms with Crippen molar-refractivity contribution in [2.24, 2.45) is 0 Å². The van der Waals surface area contributed by atoms with Crippen molar-refractivity contribution < 1.29 is 18.6 Å². The lowest BCUT2D eigenvalue weighted by atomic mass is 10.0. The minimum atomic E-state index is 0.583. The highest BCUT2D eigenvalue weighted by Gasteiger charge is 2.19. The van der Waals surface area contributed by atoms with Crippen LogP contribution in [-0.2, 0) is 0 Å². The van der Waals surface area contributed by atoms with E-state index in [0.717, 1.165) is 33.1 Å². The van der Waals surface area contributed by atoms with Gasteiger partial charge in [-0.15, -0.1) is 0 Å². The van der Waals surface area contributed by atoms with Crippen molar-refractivity contribution >= 4 is 22.0 Å². The summed E-state index contributed by atoms with van der Waals surface area (Å²) in [7, 11) is 4.79. The maximum absolute atomic E-state index is 6.31. The summed E-state index contributed by atoms with van der Waals surface area (Å²) >= 11 is 0. The number of pyridine rings is 1. The number of aromatic nitrogens is 3. The van der Waals surface area contributed by atoms with Crippen LogP contribution >= 0.6 is 0 Å². The lowest BCUT2D eigenvalue weighted by Gasteiger charge is -2.12. The maximum Gasteiger partial charge on any atom is 0.164 e. The van der Waals surface area contributed by atoms with Crippen LogP contribution in [0.3, 0.4) is 0 Å². The van der Waals surface area contributed by atoms with Crippen molar-refractivity contribution in [3.05, 3.63) is 54.9 Å². The molecule has 30 heavy (non-hydrogen) atoms. The Balaban J connectivity index is 1.73.